The van der Waals surface area contributed by atoms with Crippen molar-refractivity contribution in [1.29, 1.82) is 0 Å². The number of esters is 1. The Hall–Kier alpha value is -1.29. The largest absolute Gasteiger partial charge is 0.469 e. The lowest BCUT2D eigenvalue weighted by molar-refractivity contribution is -0.140. The molecule has 0 aliphatic rings. The number of methoxy groups -OCH3 is 1. The van der Waals surface area contributed by atoms with Gasteiger partial charge in [-0.1, -0.05) is 25.4 Å². The zero-order chi connectivity index (χ0) is 19.7. The van der Waals surface area contributed by atoms with Crippen LogP contribution in [-0.2, 0) is 24.3 Å². The van der Waals surface area contributed by atoms with Crippen LogP contribution in [0.4, 0.5) is 5.69 Å². The number of benzene rings is 1. The van der Waals surface area contributed by atoms with E-state index in [9.17, 15) is 18.0 Å². The number of halogens is 1. The van der Waals surface area contributed by atoms with Gasteiger partial charge in [-0.25, -0.2) is 8.42 Å². The van der Waals surface area contributed by atoms with Crippen molar-refractivity contribution >= 4 is 50.9 Å². The maximum atomic E-state index is 12.6. The minimum Gasteiger partial charge on any atom is -0.469 e. The number of nitrogens with one attached hydrogen (secondary N) is 1. The predicted octanol–water partition coefficient (Wildman–Crippen LogP) is 2.61. The summed E-state index contributed by atoms with van der Waals surface area (Å²) in [7, 11) is -2.42. The van der Waals surface area contributed by atoms with Gasteiger partial charge < -0.3 is 10.1 Å². The fourth-order valence-electron chi connectivity index (χ4n) is 2.10. The lowest BCUT2D eigenvalue weighted by atomic mass is 10.3. The average molecular weight is 423 g/mol. The van der Waals surface area contributed by atoms with Crippen LogP contribution in [0, 0.1) is 0 Å². The normalized spacial score (nSPS) is 11.4. The van der Waals surface area contributed by atoms with Crippen molar-refractivity contribution in [2.75, 3.05) is 37.0 Å². The molecule has 0 heterocycles. The molecule has 0 aliphatic heterocycles. The van der Waals surface area contributed by atoms with Crippen LogP contribution in [0.25, 0.3) is 0 Å². The monoisotopic (exact) mass is 422 g/mol. The van der Waals surface area contributed by atoms with Crippen LogP contribution in [-0.4, -0.2) is 56.3 Å². The topological polar surface area (TPSA) is 92.8 Å². The second-order valence-corrected chi connectivity index (χ2v) is 8.58. The lowest BCUT2D eigenvalue weighted by Crippen LogP contribution is -2.31. The van der Waals surface area contributed by atoms with E-state index in [0.717, 1.165) is 0 Å². The Morgan fingerprint density at radius 1 is 1.27 bits per heavy atom. The number of hydrogen-bond acceptors (Lipinski definition) is 6. The summed E-state index contributed by atoms with van der Waals surface area (Å²) in [5, 5.41) is 2.74. The Morgan fingerprint density at radius 2 is 1.92 bits per heavy atom. The van der Waals surface area contributed by atoms with Gasteiger partial charge in [-0.05, 0) is 18.2 Å². The first kappa shape index (κ1) is 22.8. The minimum absolute atomic E-state index is 0.0426. The maximum Gasteiger partial charge on any atom is 0.306 e. The maximum absolute atomic E-state index is 12.6. The molecular weight excluding hydrogens is 400 g/mol. The molecule has 0 radical (unpaired) electrons. The van der Waals surface area contributed by atoms with Crippen LogP contribution < -0.4 is 5.32 Å². The quantitative estimate of drug-likeness (QED) is 0.460. The van der Waals surface area contributed by atoms with Crippen LogP contribution in [0.15, 0.2) is 23.1 Å². The van der Waals surface area contributed by atoms with Crippen molar-refractivity contribution in [3.63, 3.8) is 0 Å². The fourth-order valence-corrected chi connectivity index (χ4v) is 4.77. The molecular formula is C16H23ClN2O5S2. The Balaban J connectivity index is 2.78. The average Bonchev–Trinajstić information content (AvgIpc) is 2.60. The van der Waals surface area contributed by atoms with Gasteiger partial charge in [0, 0.05) is 24.5 Å². The Morgan fingerprint density at radius 3 is 2.50 bits per heavy atom. The van der Waals surface area contributed by atoms with E-state index in [1.807, 2.05) is 0 Å². The molecule has 0 atom stereocenters. The number of thioether (sulfide) groups is 1. The van der Waals surface area contributed by atoms with Gasteiger partial charge >= 0.3 is 5.97 Å². The van der Waals surface area contributed by atoms with Crippen LogP contribution >= 0.6 is 23.4 Å². The number of rotatable bonds is 10. The highest BCUT2D eigenvalue weighted by atomic mass is 35.5. The first-order valence-corrected chi connectivity index (χ1v) is 11.0. The smallest absolute Gasteiger partial charge is 0.306 e. The van der Waals surface area contributed by atoms with Crippen LogP contribution in [0.5, 0.6) is 0 Å². The molecule has 0 unspecified atom stereocenters. The van der Waals surface area contributed by atoms with E-state index in [1.54, 1.807) is 19.9 Å². The highest BCUT2D eigenvalue weighted by Crippen LogP contribution is 2.27. The van der Waals surface area contributed by atoms with Crippen molar-refractivity contribution < 1.29 is 22.7 Å². The first-order chi connectivity index (χ1) is 12.3. The summed E-state index contributed by atoms with van der Waals surface area (Å²) in [6.45, 7) is 4.13. The van der Waals surface area contributed by atoms with E-state index in [1.165, 1.54) is 35.3 Å². The van der Waals surface area contributed by atoms with E-state index >= 15 is 0 Å². The molecule has 146 valence electrons. The van der Waals surface area contributed by atoms with Gasteiger partial charge in [-0.2, -0.15) is 16.1 Å². The van der Waals surface area contributed by atoms with Crippen molar-refractivity contribution in [3.8, 4) is 0 Å². The third-order valence-corrected chi connectivity index (χ3v) is 6.94. The number of nitrogens with zero attached hydrogens (tertiary/aromatic N) is 1. The highest BCUT2D eigenvalue weighted by Gasteiger charge is 2.24. The van der Waals surface area contributed by atoms with E-state index < -0.39 is 10.0 Å². The number of amides is 1. The summed E-state index contributed by atoms with van der Waals surface area (Å²) >= 11 is 7.34. The molecule has 26 heavy (non-hydrogen) atoms. The number of sulfonamides is 1. The van der Waals surface area contributed by atoms with Gasteiger partial charge in [-0.15, -0.1) is 0 Å². The van der Waals surface area contributed by atoms with Crippen molar-refractivity contribution in [2.24, 2.45) is 0 Å². The zero-order valence-electron chi connectivity index (χ0n) is 15.0. The lowest BCUT2D eigenvalue weighted by Gasteiger charge is -2.19. The van der Waals surface area contributed by atoms with Crippen molar-refractivity contribution in [2.45, 2.75) is 25.2 Å². The molecule has 1 aromatic rings. The first-order valence-electron chi connectivity index (χ1n) is 8.00. The molecule has 1 amide bonds. The minimum atomic E-state index is -3.73. The highest BCUT2D eigenvalue weighted by molar-refractivity contribution is 7.99. The molecule has 1 rings (SSSR count). The molecule has 7 nitrogen and oxygen atoms in total. The van der Waals surface area contributed by atoms with Crippen LogP contribution in [0.3, 0.4) is 0 Å². The third-order valence-electron chi connectivity index (χ3n) is 3.45. The van der Waals surface area contributed by atoms with Gasteiger partial charge in [0.2, 0.25) is 15.9 Å². The summed E-state index contributed by atoms with van der Waals surface area (Å²) in [5.41, 5.74) is 0.346. The zero-order valence-corrected chi connectivity index (χ0v) is 17.3. The summed E-state index contributed by atoms with van der Waals surface area (Å²) in [6.07, 6.45) is 0.224. The second-order valence-electron chi connectivity index (χ2n) is 5.16. The Kier molecular flexibility index (Phi) is 9.42. The van der Waals surface area contributed by atoms with Gasteiger partial charge in [0.1, 0.15) is 4.90 Å². The molecule has 1 N–H and O–H groups in total. The SMILES string of the molecule is CCN(CC)S(=O)(=O)c1cc(NC(=O)CSCCC(=O)OC)ccc1Cl. The number of carbonyl (C=O) groups excluding carboxylic acids is 2. The van der Waals surface area contributed by atoms with Crippen LogP contribution in [0.1, 0.15) is 20.3 Å². The summed E-state index contributed by atoms with van der Waals surface area (Å²) in [5.74, 6) is -0.0321. The van der Waals surface area contributed by atoms with E-state index in [0.29, 0.717) is 24.5 Å². The molecule has 0 fully saturated rings. The van der Waals surface area contributed by atoms with Gasteiger partial charge in [-0.3, -0.25) is 9.59 Å². The molecule has 0 aliphatic carbocycles. The number of carbonyl (C=O) groups is 2. The number of ether oxygens (including phenoxy) is 1. The molecule has 1 aromatic carbocycles. The number of hydrogen-bond donors (Lipinski definition) is 1. The van der Waals surface area contributed by atoms with E-state index in [4.69, 9.17) is 11.6 Å². The molecule has 0 spiro atoms. The number of anilines is 1. The second kappa shape index (κ2) is 10.8. The molecule has 0 saturated heterocycles. The Bertz CT molecular complexity index is 736. The summed E-state index contributed by atoms with van der Waals surface area (Å²) < 4.78 is 31.1. The summed E-state index contributed by atoms with van der Waals surface area (Å²) in [6, 6.07) is 4.34. The standard InChI is InChI=1S/C16H23ClN2O5S2/c1-4-19(5-2)26(22,23)14-10-12(6-7-13(14)17)18-15(20)11-25-9-8-16(21)24-3/h6-7,10H,4-5,8-9,11H2,1-3H3,(H,18,20). The van der Waals surface area contributed by atoms with Gasteiger partial charge in [0.15, 0.2) is 0 Å². The van der Waals surface area contributed by atoms with E-state index in [-0.39, 0.29) is 34.0 Å². The van der Waals surface area contributed by atoms with E-state index in [2.05, 4.69) is 10.1 Å². The third kappa shape index (κ3) is 6.46. The summed E-state index contributed by atoms with van der Waals surface area (Å²) in [4.78, 5) is 22.9. The van der Waals surface area contributed by atoms with Gasteiger partial charge in [0.25, 0.3) is 0 Å². The fraction of sp³-hybridized carbons (Fsp3) is 0.500. The molecule has 0 saturated carbocycles. The molecule has 0 bridgehead atoms. The molecule has 0 aromatic heterocycles. The predicted molar refractivity (Wildman–Crippen MR) is 104 cm³/mol. The van der Waals surface area contributed by atoms with Crippen molar-refractivity contribution in [3.05, 3.63) is 23.2 Å². The van der Waals surface area contributed by atoms with Gasteiger partial charge in [0.05, 0.1) is 24.3 Å². The Labute approximate surface area is 163 Å². The molecule has 10 heteroatoms. The van der Waals surface area contributed by atoms with Crippen molar-refractivity contribution in [1.82, 2.24) is 4.31 Å². The van der Waals surface area contributed by atoms with Crippen LogP contribution in [0.2, 0.25) is 5.02 Å².